The van der Waals surface area contributed by atoms with Gasteiger partial charge in [-0.1, -0.05) is 17.2 Å². The van der Waals surface area contributed by atoms with Crippen LogP contribution in [0.5, 0.6) is 0 Å². The van der Waals surface area contributed by atoms with Crippen LogP contribution in [0.15, 0.2) is 23.3 Å². The van der Waals surface area contributed by atoms with Crippen molar-refractivity contribution in [1.82, 2.24) is 0 Å². The van der Waals surface area contributed by atoms with Crippen molar-refractivity contribution in [3.8, 4) is 0 Å². The Balaban J connectivity index is 2.91. The Morgan fingerprint density at radius 3 is 2.81 bits per heavy atom. The molecule has 1 aromatic carbocycles. The molecule has 0 aliphatic carbocycles. The Morgan fingerprint density at radius 1 is 1.50 bits per heavy atom. The monoisotopic (exact) mass is 226 g/mol. The zero-order chi connectivity index (χ0) is 12.1. The third-order valence-corrected chi connectivity index (χ3v) is 2.10. The number of para-hydroxylation sites is 1. The maximum atomic E-state index is 13.1. The molecule has 0 bridgehead atoms. The summed E-state index contributed by atoms with van der Waals surface area (Å²) in [7, 11) is 0. The summed E-state index contributed by atoms with van der Waals surface area (Å²) in [6.45, 7) is -0.312. The van der Waals surface area contributed by atoms with Gasteiger partial charge < -0.3 is 15.9 Å². The standard InChI is InChI=1S/C9H11FN4O2/c10-6-3-1-2-5(8(6)11)9(16)7(15)4-13-14-12/h1-3,7,9,15-16H,4,11H2. The number of nitrogens with zero attached hydrogens (tertiary/aromatic N) is 3. The number of aliphatic hydroxyl groups is 2. The van der Waals surface area contributed by atoms with Crippen LogP contribution in [-0.4, -0.2) is 22.9 Å². The highest BCUT2D eigenvalue weighted by atomic mass is 19.1. The van der Waals surface area contributed by atoms with E-state index in [2.05, 4.69) is 10.0 Å². The summed E-state index contributed by atoms with van der Waals surface area (Å²) in [5, 5.41) is 22.2. The van der Waals surface area contributed by atoms with Crippen LogP contribution in [0.2, 0.25) is 0 Å². The maximum absolute atomic E-state index is 13.1. The molecule has 1 rings (SSSR count). The second-order valence-corrected chi connectivity index (χ2v) is 3.17. The van der Waals surface area contributed by atoms with Gasteiger partial charge in [0.1, 0.15) is 11.9 Å². The third-order valence-electron chi connectivity index (χ3n) is 2.10. The van der Waals surface area contributed by atoms with Crippen molar-refractivity contribution in [2.45, 2.75) is 12.2 Å². The minimum absolute atomic E-state index is 0.0700. The number of azide groups is 1. The van der Waals surface area contributed by atoms with E-state index in [9.17, 15) is 14.6 Å². The van der Waals surface area contributed by atoms with Crippen molar-refractivity contribution in [2.75, 3.05) is 12.3 Å². The molecule has 86 valence electrons. The van der Waals surface area contributed by atoms with Gasteiger partial charge in [0.2, 0.25) is 0 Å². The number of benzene rings is 1. The largest absolute Gasteiger partial charge is 0.396 e. The highest BCUT2D eigenvalue weighted by molar-refractivity contribution is 5.49. The van der Waals surface area contributed by atoms with Gasteiger partial charge in [-0.3, -0.25) is 0 Å². The lowest BCUT2D eigenvalue weighted by Gasteiger charge is -2.18. The van der Waals surface area contributed by atoms with E-state index in [0.717, 1.165) is 6.07 Å². The van der Waals surface area contributed by atoms with Crippen LogP contribution in [0.1, 0.15) is 11.7 Å². The molecule has 0 saturated carbocycles. The molecular weight excluding hydrogens is 215 g/mol. The Bertz CT molecular complexity index is 420. The van der Waals surface area contributed by atoms with E-state index in [-0.39, 0.29) is 17.8 Å². The molecule has 7 heteroatoms. The molecular formula is C9H11FN4O2. The number of hydrogen-bond acceptors (Lipinski definition) is 4. The smallest absolute Gasteiger partial charge is 0.146 e. The van der Waals surface area contributed by atoms with E-state index in [1.54, 1.807) is 0 Å². The second kappa shape index (κ2) is 5.32. The predicted octanol–water partition coefficient (Wildman–Crippen LogP) is 1.11. The molecule has 2 unspecified atom stereocenters. The Labute approximate surface area is 90.8 Å². The molecule has 0 aromatic heterocycles. The molecule has 0 aliphatic rings. The number of nitrogens with two attached hydrogens (primary N) is 1. The lowest BCUT2D eigenvalue weighted by Crippen LogP contribution is -2.22. The van der Waals surface area contributed by atoms with Crippen LogP contribution in [0.25, 0.3) is 10.4 Å². The van der Waals surface area contributed by atoms with E-state index in [0.29, 0.717) is 0 Å². The van der Waals surface area contributed by atoms with Crippen molar-refractivity contribution in [2.24, 2.45) is 5.11 Å². The first-order chi connectivity index (χ1) is 7.57. The number of rotatable bonds is 4. The fraction of sp³-hybridized carbons (Fsp3) is 0.333. The van der Waals surface area contributed by atoms with Crippen molar-refractivity contribution in [1.29, 1.82) is 0 Å². The molecule has 6 nitrogen and oxygen atoms in total. The first-order valence-electron chi connectivity index (χ1n) is 4.48. The lowest BCUT2D eigenvalue weighted by atomic mass is 10.0. The van der Waals surface area contributed by atoms with Crippen LogP contribution < -0.4 is 5.73 Å². The number of nitrogen functional groups attached to an aromatic ring is 1. The summed E-state index contributed by atoms with van der Waals surface area (Å²) in [6.07, 6.45) is -2.71. The summed E-state index contributed by atoms with van der Waals surface area (Å²) in [5.41, 5.74) is 13.3. The van der Waals surface area contributed by atoms with Crippen molar-refractivity contribution in [3.63, 3.8) is 0 Å². The average molecular weight is 226 g/mol. The van der Waals surface area contributed by atoms with Crippen molar-refractivity contribution in [3.05, 3.63) is 40.0 Å². The SMILES string of the molecule is [N-]=[N+]=NCC(O)C(O)c1cccc(F)c1N. The molecule has 4 N–H and O–H groups in total. The van der Waals surface area contributed by atoms with Gasteiger partial charge in [0.05, 0.1) is 18.3 Å². The molecule has 0 amide bonds. The van der Waals surface area contributed by atoms with E-state index >= 15 is 0 Å². The van der Waals surface area contributed by atoms with Gasteiger partial charge in [-0.05, 0) is 11.6 Å². The van der Waals surface area contributed by atoms with Gasteiger partial charge in [0, 0.05) is 10.5 Å². The quantitative estimate of drug-likeness (QED) is 0.309. The highest BCUT2D eigenvalue weighted by Gasteiger charge is 2.20. The number of aliphatic hydroxyl groups excluding tert-OH is 2. The van der Waals surface area contributed by atoms with Gasteiger partial charge in [0.25, 0.3) is 0 Å². The van der Waals surface area contributed by atoms with Crippen LogP contribution >= 0.6 is 0 Å². The normalized spacial score (nSPS) is 13.9. The minimum atomic E-state index is -1.39. The van der Waals surface area contributed by atoms with E-state index in [1.165, 1.54) is 12.1 Å². The topological polar surface area (TPSA) is 115 Å². The molecule has 16 heavy (non-hydrogen) atoms. The predicted molar refractivity (Wildman–Crippen MR) is 55.8 cm³/mol. The Morgan fingerprint density at radius 2 is 2.19 bits per heavy atom. The zero-order valence-corrected chi connectivity index (χ0v) is 8.29. The fourth-order valence-electron chi connectivity index (χ4n) is 1.24. The molecule has 0 fully saturated rings. The average Bonchev–Trinajstić information content (AvgIpc) is 2.28. The zero-order valence-electron chi connectivity index (χ0n) is 8.29. The first kappa shape index (κ1) is 12.3. The lowest BCUT2D eigenvalue weighted by molar-refractivity contribution is 0.0247. The van der Waals surface area contributed by atoms with Crippen LogP contribution in [0, 0.1) is 5.82 Å². The molecule has 0 saturated heterocycles. The maximum Gasteiger partial charge on any atom is 0.146 e. The third kappa shape index (κ3) is 2.60. The van der Waals surface area contributed by atoms with Crippen LogP contribution in [-0.2, 0) is 0 Å². The number of hydrogen-bond donors (Lipinski definition) is 3. The van der Waals surface area contributed by atoms with Crippen LogP contribution in [0.3, 0.4) is 0 Å². The van der Waals surface area contributed by atoms with E-state index in [4.69, 9.17) is 11.3 Å². The minimum Gasteiger partial charge on any atom is -0.396 e. The van der Waals surface area contributed by atoms with Crippen molar-refractivity contribution < 1.29 is 14.6 Å². The summed E-state index contributed by atoms with van der Waals surface area (Å²) < 4.78 is 13.1. The van der Waals surface area contributed by atoms with E-state index in [1.807, 2.05) is 0 Å². The second-order valence-electron chi connectivity index (χ2n) is 3.17. The van der Waals surface area contributed by atoms with Gasteiger partial charge in [-0.25, -0.2) is 4.39 Å². The summed E-state index contributed by atoms with van der Waals surface area (Å²) in [4.78, 5) is 2.44. The van der Waals surface area contributed by atoms with E-state index < -0.39 is 18.0 Å². The molecule has 0 aliphatic heterocycles. The first-order valence-corrected chi connectivity index (χ1v) is 4.48. The summed E-state index contributed by atoms with van der Waals surface area (Å²) in [6, 6.07) is 3.90. The van der Waals surface area contributed by atoms with Gasteiger partial charge in [-0.2, -0.15) is 0 Å². The molecule has 2 atom stereocenters. The van der Waals surface area contributed by atoms with Gasteiger partial charge in [-0.15, -0.1) is 0 Å². The van der Waals surface area contributed by atoms with Crippen molar-refractivity contribution >= 4 is 5.69 Å². The number of halogens is 1. The van der Waals surface area contributed by atoms with Gasteiger partial charge in [0.15, 0.2) is 0 Å². The summed E-state index contributed by atoms with van der Waals surface area (Å²) >= 11 is 0. The van der Waals surface area contributed by atoms with Gasteiger partial charge >= 0.3 is 0 Å². The molecule has 0 spiro atoms. The molecule has 1 aromatic rings. The molecule has 0 radical (unpaired) electrons. The number of anilines is 1. The summed E-state index contributed by atoms with van der Waals surface area (Å²) in [5.74, 6) is -0.674. The highest BCUT2D eigenvalue weighted by Crippen LogP contribution is 2.25. The Kier molecular flexibility index (Phi) is 4.07. The fourth-order valence-corrected chi connectivity index (χ4v) is 1.24. The molecule has 0 heterocycles. The van der Waals surface area contributed by atoms with Crippen LogP contribution in [0.4, 0.5) is 10.1 Å². The Hall–Kier alpha value is -1.82.